The first-order valence-electron chi connectivity index (χ1n) is 5.14. The smallest absolute Gasteiger partial charge is 0.210 e. The van der Waals surface area contributed by atoms with Crippen molar-refractivity contribution in [2.24, 2.45) is 0 Å². The van der Waals surface area contributed by atoms with Crippen LogP contribution in [-0.2, 0) is 0 Å². The molecule has 1 aromatic carbocycles. The number of nitrogens with two attached hydrogens (primary N) is 1. The van der Waals surface area contributed by atoms with E-state index in [1.165, 1.54) is 0 Å². The Morgan fingerprint density at radius 3 is 2.78 bits per heavy atom. The van der Waals surface area contributed by atoms with Gasteiger partial charge in [-0.1, -0.05) is 36.0 Å². The Kier molecular flexibility index (Phi) is 3.37. The van der Waals surface area contributed by atoms with E-state index in [0.29, 0.717) is 20.9 Å². The van der Waals surface area contributed by atoms with E-state index >= 15 is 0 Å². The molecule has 0 amide bonds. The van der Waals surface area contributed by atoms with E-state index in [0.717, 1.165) is 5.56 Å². The van der Waals surface area contributed by atoms with Crippen LogP contribution in [0.2, 0.25) is 5.02 Å². The van der Waals surface area contributed by atoms with E-state index in [2.05, 4.69) is 0 Å². The van der Waals surface area contributed by atoms with Gasteiger partial charge in [0.2, 0.25) is 5.88 Å². The zero-order valence-corrected chi connectivity index (χ0v) is 11.1. The van der Waals surface area contributed by atoms with Gasteiger partial charge < -0.3 is 10.2 Å². The summed E-state index contributed by atoms with van der Waals surface area (Å²) in [6.07, 6.45) is 0. The Hall–Kier alpha value is -1.83. The first kappa shape index (κ1) is 12.6. The third kappa shape index (κ3) is 2.10. The minimum Gasteiger partial charge on any atom is -0.439 e. The van der Waals surface area contributed by atoms with Crippen molar-refractivity contribution in [3.63, 3.8) is 0 Å². The van der Waals surface area contributed by atoms with Crippen LogP contribution in [0.3, 0.4) is 0 Å². The SMILES string of the molecule is Cc1c(-c2cccc(Cl)c2)oc(N)c(C#N)c1=S. The topological polar surface area (TPSA) is 62.9 Å². The highest BCUT2D eigenvalue weighted by atomic mass is 35.5. The number of benzene rings is 1. The van der Waals surface area contributed by atoms with Crippen LogP contribution in [0, 0.1) is 22.8 Å². The van der Waals surface area contributed by atoms with Gasteiger partial charge in [0.25, 0.3) is 0 Å². The van der Waals surface area contributed by atoms with Gasteiger partial charge in [0.05, 0.1) is 4.51 Å². The Morgan fingerprint density at radius 1 is 1.44 bits per heavy atom. The number of rotatable bonds is 1. The molecule has 2 N–H and O–H groups in total. The van der Waals surface area contributed by atoms with Gasteiger partial charge in [0.15, 0.2) is 0 Å². The predicted molar refractivity (Wildman–Crippen MR) is 73.9 cm³/mol. The van der Waals surface area contributed by atoms with Crippen LogP contribution in [0.1, 0.15) is 11.1 Å². The van der Waals surface area contributed by atoms with Gasteiger partial charge in [-0.2, -0.15) is 5.26 Å². The second-order valence-corrected chi connectivity index (χ2v) is 4.59. The van der Waals surface area contributed by atoms with E-state index in [4.69, 9.17) is 39.2 Å². The van der Waals surface area contributed by atoms with Crippen LogP contribution in [0.5, 0.6) is 0 Å². The number of hydrogen-bond donors (Lipinski definition) is 1. The van der Waals surface area contributed by atoms with E-state index < -0.39 is 0 Å². The number of nitrogens with zero attached hydrogens (tertiary/aromatic N) is 1. The molecule has 2 aromatic rings. The summed E-state index contributed by atoms with van der Waals surface area (Å²) in [6, 6.07) is 9.12. The van der Waals surface area contributed by atoms with Crippen molar-refractivity contribution in [3.05, 3.63) is 44.9 Å². The molecule has 1 heterocycles. The summed E-state index contributed by atoms with van der Waals surface area (Å²) in [5.41, 5.74) is 7.38. The number of anilines is 1. The molecule has 5 heteroatoms. The molecule has 0 fully saturated rings. The second-order valence-electron chi connectivity index (χ2n) is 3.75. The van der Waals surface area contributed by atoms with E-state index in [1.807, 2.05) is 18.2 Å². The number of nitriles is 1. The highest BCUT2D eigenvalue weighted by molar-refractivity contribution is 7.71. The Morgan fingerprint density at radius 2 is 2.17 bits per heavy atom. The lowest BCUT2D eigenvalue weighted by atomic mass is 10.1. The fourth-order valence-corrected chi connectivity index (χ4v) is 2.08. The summed E-state index contributed by atoms with van der Waals surface area (Å²) in [4.78, 5) is 0. The van der Waals surface area contributed by atoms with Gasteiger partial charge in [-0.05, 0) is 19.1 Å². The molecule has 3 nitrogen and oxygen atoms in total. The molecule has 0 radical (unpaired) electrons. The van der Waals surface area contributed by atoms with Gasteiger partial charge in [-0.15, -0.1) is 0 Å². The highest BCUT2D eigenvalue weighted by Gasteiger charge is 2.13. The van der Waals surface area contributed by atoms with Crippen LogP contribution in [0.4, 0.5) is 5.88 Å². The van der Waals surface area contributed by atoms with Crippen LogP contribution in [0.15, 0.2) is 28.7 Å². The molecule has 0 aliphatic heterocycles. The normalized spacial score (nSPS) is 10.1. The Bertz CT molecular complexity index is 716. The summed E-state index contributed by atoms with van der Waals surface area (Å²) >= 11 is 11.1. The first-order chi connectivity index (χ1) is 8.54. The second kappa shape index (κ2) is 4.81. The fourth-order valence-electron chi connectivity index (χ4n) is 1.65. The van der Waals surface area contributed by atoms with Crippen LogP contribution >= 0.6 is 23.8 Å². The first-order valence-corrected chi connectivity index (χ1v) is 5.92. The minimum atomic E-state index is 0.0306. The van der Waals surface area contributed by atoms with Crippen molar-refractivity contribution >= 4 is 29.7 Å². The highest BCUT2D eigenvalue weighted by Crippen LogP contribution is 2.30. The summed E-state index contributed by atoms with van der Waals surface area (Å²) in [5, 5.41) is 9.54. The maximum atomic E-state index is 8.95. The van der Waals surface area contributed by atoms with Crippen molar-refractivity contribution in [1.82, 2.24) is 0 Å². The van der Waals surface area contributed by atoms with Gasteiger partial charge in [-0.25, -0.2) is 0 Å². The summed E-state index contributed by atoms with van der Waals surface area (Å²) in [6.45, 7) is 1.79. The summed E-state index contributed by atoms with van der Waals surface area (Å²) < 4.78 is 5.90. The molecule has 0 aliphatic carbocycles. The monoisotopic (exact) mass is 276 g/mol. The number of halogens is 1. The number of hydrogen-bond acceptors (Lipinski definition) is 4. The lowest BCUT2D eigenvalue weighted by Crippen LogP contribution is -1.96. The van der Waals surface area contributed by atoms with Crippen molar-refractivity contribution in [1.29, 1.82) is 5.26 Å². The summed E-state index contributed by atoms with van der Waals surface area (Å²) in [7, 11) is 0. The van der Waals surface area contributed by atoms with Gasteiger partial charge in [0, 0.05) is 16.1 Å². The maximum Gasteiger partial charge on any atom is 0.210 e. The average Bonchev–Trinajstić information content (AvgIpc) is 2.34. The Balaban J connectivity index is 2.75. The quantitative estimate of drug-likeness (QED) is 0.797. The molecule has 0 aliphatic rings. The minimum absolute atomic E-state index is 0.0306. The summed E-state index contributed by atoms with van der Waals surface area (Å²) in [5.74, 6) is 0.571. The van der Waals surface area contributed by atoms with Crippen molar-refractivity contribution < 1.29 is 4.42 Å². The third-order valence-electron chi connectivity index (χ3n) is 2.57. The molecular weight excluding hydrogens is 268 g/mol. The standard InChI is InChI=1S/C13H9ClN2OS/c1-7-11(8-3-2-4-9(14)5-8)17-13(16)10(6-15)12(7)18/h2-5H,16H2,1H3. The van der Waals surface area contributed by atoms with E-state index in [1.54, 1.807) is 19.1 Å². The van der Waals surface area contributed by atoms with Gasteiger partial charge in [-0.3, -0.25) is 0 Å². The molecule has 0 spiro atoms. The largest absolute Gasteiger partial charge is 0.439 e. The molecule has 0 bridgehead atoms. The maximum absolute atomic E-state index is 8.95. The van der Waals surface area contributed by atoms with Crippen LogP contribution in [0.25, 0.3) is 11.3 Å². The molecule has 18 heavy (non-hydrogen) atoms. The molecular formula is C13H9ClN2OS. The van der Waals surface area contributed by atoms with Crippen LogP contribution < -0.4 is 5.73 Å². The van der Waals surface area contributed by atoms with Gasteiger partial charge >= 0.3 is 0 Å². The molecule has 0 saturated heterocycles. The zero-order valence-electron chi connectivity index (χ0n) is 9.53. The number of nitrogen functional groups attached to an aromatic ring is 1. The molecule has 90 valence electrons. The molecule has 2 rings (SSSR count). The third-order valence-corrected chi connectivity index (χ3v) is 3.31. The lowest BCUT2D eigenvalue weighted by Gasteiger charge is -2.08. The average molecular weight is 277 g/mol. The fraction of sp³-hybridized carbons (Fsp3) is 0.0769. The van der Waals surface area contributed by atoms with Crippen molar-refractivity contribution in [2.45, 2.75) is 6.92 Å². The van der Waals surface area contributed by atoms with E-state index in [9.17, 15) is 0 Å². The van der Waals surface area contributed by atoms with E-state index in [-0.39, 0.29) is 11.4 Å². The van der Waals surface area contributed by atoms with Crippen molar-refractivity contribution in [3.8, 4) is 17.4 Å². The molecule has 1 aromatic heterocycles. The zero-order chi connectivity index (χ0) is 13.3. The Labute approximate surface area is 114 Å². The van der Waals surface area contributed by atoms with Crippen LogP contribution in [-0.4, -0.2) is 0 Å². The molecule has 0 saturated carbocycles. The van der Waals surface area contributed by atoms with Crippen molar-refractivity contribution in [2.75, 3.05) is 5.73 Å². The van der Waals surface area contributed by atoms with Gasteiger partial charge in [0.1, 0.15) is 17.4 Å². The lowest BCUT2D eigenvalue weighted by molar-refractivity contribution is 0.580. The molecule has 0 unspecified atom stereocenters. The molecule has 0 atom stereocenters. The predicted octanol–water partition coefficient (Wildman–Crippen LogP) is 4.09.